The Bertz CT molecular complexity index is 296. The quantitative estimate of drug-likeness (QED) is 0.538. The number of rotatable bonds is 1. The Morgan fingerprint density at radius 2 is 2.58 bits per heavy atom. The topological polar surface area (TPSA) is 44.8 Å². The van der Waals surface area contributed by atoms with E-state index in [4.69, 9.17) is 18.3 Å². The fourth-order valence-corrected chi connectivity index (χ4v) is 1.38. The fraction of sp³-hybridized carbons (Fsp3) is 0.875. The largest absolute Gasteiger partial charge is 0.460 e. The number of hydrogen-bond donors (Lipinski definition) is 0. The monoisotopic (exact) mass is 175 g/mol. The molecule has 0 saturated carbocycles. The molecular formula is C8H12O4. The SMILES string of the molecule is [2H]C1([2H])O[C@H]2OCC[C@H]2C1([2H])OC(C)=O. The van der Waals surface area contributed by atoms with Crippen LogP contribution in [0.4, 0.5) is 0 Å². The molecule has 2 rings (SSSR count). The Morgan fingerprint density at radius 1 is 1.75 bits per heavy atom. The first-order valence-corrected chi connectivity index (χ1v) is 3.86. The van der Waals surface area contributed by atoms with E-state index in [2.05, 4.69) is 0 Å². The Balaban J connectivity index is 2.29. The van der Waals surface area contributed by atoms with Gasteiger partial charge in [0.1, 0.15) is 6.08 Å². The van der Waals surface area contributed by atoms with E-state index >= 15 is 0 Å². The summed E-state index contributed by atoms with van der Waals surface area (Å²) < 4.78 is 37.8. The first-order valence-electron chi connectivity index (χ1n) is 5.36. The minimum atomic E-state index is -2.32. The second kappa shape index (κ2) is 3.03. The first kappa shape index (κ1) is 5.19. The number of esters is 1. The molecule has 3 atom stereocenters. The minimum absolute atomic E-state index is 0.396. The van der Waals surface area contributed by atoms with Gasteiger partial charge in [-0.25, -0.2) is 0 Å². The van der Waals surface area contributed by atoms with Crippen molar-refractivity contribution in [3.63, 3.8) is 0 Å². The average Bonchev–Trinajstić information content (AvgIpc) is 2.55. The van der Waals surface area contributed by atoms with Gasteiger partial charge >= 0.3 is 5.97 Å². The molecule has 2 aliphatic heterocycles. The maximum atomic E-state index is 10.9. The third-order valence-corrected chi connectivity index (χ3v) is 1.91. The van der Waals surface area contributed by atoms with Crippen molar-refractivity contribution >= 4 is 5.97 Å². The van der Waals surface area contributed by atoms with E-state index in [9.17, 15) is 4.79 Å². The van der Waals surface area contributed by atoms with Crippen LogP contribution in [-0.2, 0) is 19.0 Å². The van der Waals surface area contributed by atoms with Gasteiger partial charge < -0.3 is 14.2 Å². The second-order valence-electron chi connectivity index (χ2n) is 2.81. The molecule has 0 bridgehead atoms. The highest BCUT2D eigenvalue weighted by atomic mass is 16.7. The van der Waals surface area contributed by atoms with Crippen molar-refractivity contribution in [2.24, 2.45) is 5.92 Å². The van der Waals surface area contributed by atoms with Gasteiger partial charge in [0.05, 0.1) is 23.2 Å². The van der Waals surface area contributed by atoms with Gasteiger partial charge in [-0.2, -0.15) is 0 Å². The number of carbonyl (C=O) groups excluding carboxylic acids is 1. The van der Waals surface area contributed by atoms with Gasteiger partial charge in [0.25, 0.3) is 0 Å². The lowest BCUT2D eigenvalue weighted by atomic mass is 10.0. The van der Waals surface area contributed by atoms with Crippen molar-refractivity contribution in [3.05, 3.63) is 0 Å². The zero-order valence-electron chi connectivity index (χ0n) is 9.70. The molecule has 68 valence electrons. The molecule has 2 aliphatic rings. The van der Waals surface area contributed by atoms with Crippen molar-refractivity contribution in [2.45, 2.75) is 25.7 Å². The fourth-order valence-electron chi connectivity index (χ4n) is 1.38. The molecule has 2 heterocycles. The number of carbonyl (C=O) groups is 1. The Morgan fingerprint density at radius 3 is 3.33 bits per heavy atom. The summed E-state index contributed by atoms with van der Waals surface area (Å²) in [7, 11) is 0. The van der Waals surface area contributed by atoms with Crippen LogP contribution in [0.2, 0.25) is 0 Å². The third-order valence-electron chi connectivity index (χ3n) is 1.91. The van der Waals surface area contributed by atoms with Crippen LogP contribution >= 0.6 is 0 Å². The zero-order valence-corrected chi connectivity index (χ0v) is 6.70. The predicted molar refractivity (Wildman–Crippen MR) is 39.4 cm³/mol. The second-order valence-corrected chi connectivity index (χ2v) is 2.81. The van der Waals surface area contributed by atoms with Gasteiger partial charge in [0, 0.05) is 6.92 Å². The lowest BCUT2D eigenvalue weighted by molar-refractivity contribution is -0.147. The van der Waals surface area contributed by atoms with Crippen LogP contribution in [0.15, 0.2) is 0 Å². The first-order chi connectivity index (χ1) is 6.87. The molecule has 0 N–H and O–H groups in total. The highest BCUT2D eigenvalue weighted by Crippen LogP contribution is 2.32. The molecule has 4 heteroatoms. The van der Waals surface area contributed by atoms with Crippen LogP contribution in [0.5, 0.6) is 0 Å². The molecule has 2 fully saturated rings. The maximum Gasteiger partial charge on any atom is 0.302 e. The standard InChI is InChI=1S/C8H12O4/c1-5(9)12-7-4-11-8-6(7)2-3-10-8/h6-8H,2-4H2,1H3/t6-,7?,8+/m0/s1/i4D2,7D. The number of hydrogen-bond acceptors (Lipinski definition) is 4. The highest BCUT2D eigenvalue weighted by molar-refractivity contribution is 5.66. The molecule has 0 amide bonds. The van der Waals surface area contributed by atoms with Gasteiger partial charge in [0.2, 0.25) is 0 Å². The summed E-state index contributed by atoms with van der Waals surface area (Å²) in [5.41, 5.74) is 0. The summed E-state index contributed by atoms with van der Waals surface area (Å²) in [6, 6.07) is 0. The van der Waals surface area contributed by atoms with Crippen molar-refractivity contribution in [3.8, 4) is 0 Å². The normalized spacial score (nSPS) is 53.6. The molecule has 2 saturated heterocycles. The lowest BCUT2D eigenvalue weighted by Crippen LogP contribution is -2.25. The van der Waals surface area contributed by atoms with Gasteiger partial charge in [-0.15, -0.1) is 0 Å². The zero-order chi connectivity index (χ0) is 11.3. The minimum Gasteiger partial charge on any atom is -0.460 e. The molecule has 0 spiro atoms. The smallest absolute Gasteiger partial charge is 0.302 e. The molecule has 0 aromatic rings. The Labute approximate surface area is 75.0 Å². The predicted octanol–water partition coefficient (Wildman–Crippen LogP) is 0.311. The number of fused-ring (bicyclic) bond motifs is 1. The molecule has 0 radical (unpaired) electrons. The Kier molecular flexibility index (Phi) is 1.31. The van der Waals surface area contributed by atoms with Crippen LogP contribution in [0.1, 0.15) is 17.5 Å². The molecular weight excluding hydrogens is 160 g/mol. The summed E-state index contributed by atoms with van der Waals surface area (Å²) in [5.74, 6) is -1.25. The lowest BCUT2D eigenvalue weighted by Gasteiger charge is -2.13. The summed E-state index contributed by atoms with van der Waals surface area (Å²) in [5, 5.41) is 0. The molecule has 4 nitrogen and oxygen atoms in total. The highest BCUT2D eigenvalue weighted by Gasteiger charge is 2.43. The van der Waals surface area contributed by atoms with E-state index in [1.54, 1.807) is 0 Å². The number of ether oxygens (including phenoxy) is 3. The van der Waals surface area contributed by atoms with Crippen LogP contribution in [-0.4, -0.2) is 31.5 Å². The van der Waals surface area contributed by atoms with E-state index < -0.39 is 30.8 Å². The van der Waals surface area contributed by atoms with Crippen LogP contribution in [0, 0.1) is 5.92 Å². The van der Waals surface area contributed by atoms with E-state index in [0.717, 1.165) is 6.92 Å². The van der Waals surface area contributed by atoms with Gasteiger partial charge in [-0.1, -0.05) is 0 Å². The summed E-state index contributed by atoms with van der Waals surface area (Å²) >= 11 is 0. The van der Waals surface area contributed by atoms with E-state index in [0.29, 0.717) is 13.0 Å². The van der Waals surface area contributed by atoms with E-state index in [1.165, 1.54) is 0 Å². The van der Waals surface area contributed by atoms with Crippen LogP contribution < -0.4 is 0 Å². The average molecular weight is 175 g/mol. The Hall–Kier alpha value is -0.610. The maximum absolute atomic E-state index is 10.9. The van der Waals surface area contributed by atoms with Crippen molar-refractivity contribution in [1.29, 1.82) is 0 Å². The van der Waals surface area contributed by atoms with Crippen molar-refractivity contribution < 1.29 is 23.1 Å². The summed E-state index contributed by atoms with van der Waals surface area (Å²) in [4.78, 5) is 10.9. The summed E-state index contributed by atoms with van der Waals surface area (Å²) in [6.07, 6.45) is -2.32. The van der Waals surface area contributed by atoms with Crippen molar-refractivity contribution in [2.75, 3.05) is 13.2 Å². The van der Waals surface area contributed by atoms with Crippen LogP contribution in [0.25, 0.3) is 0 Å². The third kappa shape index (κ3) is 1.32. The van der Waals surface area contributed by atoms with Crippen LogP contribution in [0.3, 0.4) is 0 Å². The molecule has 1 unspecified atom stereocenters. The van der Waals surface area contributed by atoms with Crippen molar-refractivity contribution in [1.82, 2.24) is 0 Å². The molecule has 0 aliphatic carbocycles. The molecule has 0 aromatic carbocycles. The van der Waals surface area contributed by atoms with E-state index in [1.807, 2.05) is 0 Å². The van der Waals surface area contributed by atoms with Gasteiger partial charge in [-0.05, 0) is 6.42 Å². The molecule has 12 heavy (non-hydrogen) atoms. The van der Waals surface area contributed by atoms with E-state index in [-0.39, 0.29) is 0 Å². The molecule has 0 aromatic heterocycles. The van der Waals surface area contributed by atoms with Gasteiger partial charge in [0.15, 0.2) is 6.29 Å². The summed E-state index contributed by atoms with van der Waals surface area (Å²) in [6.45, 7) is -0.781. The van der Waals surface area contributed by atoms with Gasteiger partial charge in [-0.3, -0.25) is 4.79 Å².